The van der Waals surface area contributed by atoms with Crippen LogP contribution in [0, 0.1) is 12.3 Å². The summed E-state index contributed by atoms with van der Waals surface area (Å²) < 4.78 is 0. The second kappa shape index (κ2) is 7.07. The van der Waals surface area contributed by atoms with Crippen LogP contribution in [0.25, 0.3) is 0 Å². The van der Waals surface area contributed by atoms with Gasteiger partial charge in [-0.25, -0.2) is 4.79 Å². The zero-order valence-corrected chi connectivity index (χ0v) is 10.7. The molecule has 0 heterocycles. The minimum absolute atomic E-state index is 0.104. The van der Waals surface area contributed by atoms with Crippen LogP contribution in [0.1, 0.15) is 6.42 Å². The first-order chi connectivity index (χ1) is 9.06. The molecule has 0 saturated heterocycles. The fourth-order valence-corrected chi connectivity index (χ4v) is 1.56. The number of carboxylic acid groups (broad SMARTS) is 1. The molecule has 0 saturated carbocycles. The zero-order valence-electron chi connectivity index (χ0n) is 10.7. The number of carbonyl (C=O) groups excluding carboxylic acids is 1. The Labute approximate surface area is 112 Å². The predicted octanol–water partition coefficient (Wildman–Crippen LogP) is 1.65. The third-order valence-electron chi connectivity index (χ3n) is 2.50. The van der Waals surface area contributed by atoms with Crippen LogP contribution in [0.2, 0.25) is 0 Å². The summed E-state index contributed by atoms with van der Waals surface area (Å²) in [6.07, 6.45) is 5.05. The molecule has 2 amide bonds. The number of hydrogen-bond acceptors (Lipinski definition) is 2. The van der Waals surface area contributed by atoms with Crippen LogP contribution in [0.5, 0.6) is 0 Å². The molecule has 0 atom stereocenters. The van der Waals surface area contributed by atoms with E-state index in [9.17, 15) is 9.59 Å². The molecular weight excluding hydrogens is 244 g/mol. The zero-order chi connectivity index (χ0) is 14.3. The van der Waals surface area contributed by atoms with E-state index >= 15 is 0 Å². The molecule has 0 radical (unpaired) electrons. The van der Waals surface area contributed by atoms with E-state index in [1.54, 1.807) is 31.3 Å². The van der Waals surface area contributed by atoms with E-state index in [1.165, 1.54) is 9.80 Å². The van der Waals surface area contributed by atoms with Gasteiger partial charge < -0.3 is 10.0 Å². The molecule has 0 bridgehead atoms. The number of nitrogens with zero attached hydrogens (tertiary/aromatic N) is 2. The Morgan fingerprint density at radius 1 is 1.32 bits per heavy atom. The monoisotopic (exact) mass is 260 g/mol. The number of rotatable bonds is 5. The number of carbonyl (C=O) groups is 2. The topological polar surface area (TPSA) is 60.9 Å². The lowest BCUT2D eigenvalue weighted by Gasteiger charge is -2.26. The second-order valence-corrected chi connectivity index (χ2v) is 3.97. The van der Waals surface area contributed by atoms with Gasteiger partial charge in [-0.05, 0) is 12.1 Å². The van der Waals surface area contributed by atoms with Gasteiger partial charge in [0, 0.05) is 19.3 Å². The molecule has 1 rings (SSSR count). The van der Waals surface area contributed by atoms with E-state index in [-0.39, 0.29) is 25.5 Å². The van der Waals surface area contributed by atoms with Gasteiger partial charge in [0.2, 0.25) is 0 Å². The molecule has 19 heavy (non-hydrogen) atoms. The highest BCUT2D eigenvalue weighted by atomic mass is 16.4. The number of terminal acetylenes is 1. The highest BCUT2D eigenvalue weighted by Gasteiger charge is 2.19. The van der Waals surface area contributed by atoms with E-state index < -0.39 is 5.97 Å². The minimum Gasteiger partial charge on any atom is -0.481 e. The first-order valence-electron chi connectivity index (χ1n) is 5.79. The molecule has 5 nitrogen and oxygen atoms in total. The third kappa shape index (κ3) is 4.36. The molecule has 1 aromatic carbocycles. The van der Waals surface area contributed by atoms with Gasteiger partial charge in [-0.2, -0.15) is 0 Å². The Hall–Kier alpha value is -2.48. The van der Waals surface area contributed by atoms with Crippen molar-refractivity contribution in [3.8, 4) is 12.3 Å². The van der Waals surface area contributed by atoms with Crippen LogP contribution in [0.3, 0.4) is 0 Å². The quantitative estimate of drug-likeness (QED) is 0.819. The molecule has 5 heteroatoms. The van der Waals surface area contributed by atoms with Crippen molar-refractivity contribution in [2.45, 2.75) is 6.42 Å². The normalized spacial score (nSPS) is 9.47. The van der Waals surface area contributed by atoms with Crippen LogP contribution in [0.15, 0.2) is 30.3 Å². The van der Waals surface area contributed by atoms with E-state index in [0.717, 1.165) is 0 Å². The molecule has 0 fully saturated rings. The summed E-state index contributed by atoms with van der Waals surface area (Å²) in [7, 11) is 1.58. The second-order valence-electron chi connectivity index (χ2n) is 3.97. The average Bonchev–Trinajstić information content (AvgIpc) is 2.40. The fraction of sp³-hybridized carbons (Fsp3) is 0.286. The molecule has 0 aliphatic heterocycles. The van der Waals surface area contributed by atoms with Crippen molar-refractivity contribution in [1.82, 2.24) is 4.90 Å². The number of anilines is 1. The SMILES string of the molecule is C#CCN(C)C(=O)N(CCC(=O)O)c1ccccc1. The van der Waals surface area contributed by atoms with E-state index in [4.69, 9.17) is 11.5 Å². The molecule has 0 unspecified atom stereocenters. The van der Waals surface area contributed by atoms with Gasteiger partial charge in [-0.3, -0.25) is 9.69 Å². The van der Waals surface area contributed by atoms with Crippen LogP contribution < -0.4 is 4.90 Å². The molecule has 0 aliphatic rings. The van der Waals surface area contributed by atoms with Crippen LogP contribution in [-0.2, 0) is 4.79 Å². The third-order valence-corrected chi connectivity index (χ3v) is 2.50. The lowest BCUT2D eigenvalue weighted by Crippen LogP contribution is -2.42. The maximum absolute atomic E-state index is 12.2. The Balaban J connectivity index is 2.89. The van der Waals surface area contributed by atoms with Gasteiger partial charge >= 0.3 is 12.0 Å². The van der Waals surface area contributed by atoms with Gasteiger partial charge in [0.05, 0.1) is 13.0 Å². The lowest BCUT2D eigenvalue weighted by molar-refractivity contribution is -0.136. The Morgan fingerprint density at radius 3 is 2.47 bits per heavy atom. The molecule has 0 aromatic heterocycles. The summed E-state index contributed by atoms with van der Waals surface area (Å²) in [5, 5.41) is 8.75. The van der Waals surface area contributed by atoms with Crippen molar-refractivity contribution in [3.05, 3.63) is 30.3 Å². The summed E-state index contributed by atoms with van der Waals surface area (Å²) >= 11 is 0. The maximum Gasteiger partial charge on any atom is 0.325 e. The Kier molecular flexibility index (Phi) is 5.42. The number of para-hydroxylation sites is 1. The minimum atomic E-state index is -0.951. The molecular formula is C14H16N2O3. The number of carboxylic acids is 1. The van der Waals surface area contributed by atoms with Crippen LogP contribution >= 0.6 is 0 Å². The Bertz CT molecular complexity index is 479. The van der Waals surface area contributed by atoms with Gasteiger partial charge in [0.15, 0.2) is 0 Å². The van der Waals surface area contributed by atoms with Crippen molar-refractivity contribution >= 4 is 17.7 Å². The van der Waals surface area contributed by atoms with Gasteiger partial charge in [-0.15, -0.1) is 6.42 Å². The lowest BCUT2D eigenvalue weighted by atomic mass is 10.2. The summed E-state index contributed by atoms with van der Waals surface area (Å²) in [5.74, 6) is 1.43. The summed E-state index contributed by atoms with van der Waals surface area (Å²) in [6, 6.07) is 8.60. The molecule has 100 valence electrons. The highest BCUT2D eigenvalue weighted by Crippen LogP contribution is 2.15. The van der Waals surface area contributed by atoms with E-state index in [0.29, 0.717) is 5.69 Å². The predicted molar refractivity (Wildman–Crippen MR) is 72.9 cm³/mol. The molecule has 0 spiro atoms. The largest absolute Gasteiger partial charge is 0.481 e. The first-order valence-corrected chi connectivity index (χ1v) is 5.79. The molecule has 0 aliphatic carbocycles. The number of hydrogen-bond donors (Lipinski definition) is 1. The van der Waals surface area contributed by atoms with Crippen molar-refractivity contribution in [1.29, 1.82) is 0 Å². The standard InChI is InChI=1S/C14H16N2O3/c1-3-10-15(2)14(19)16(11-9-13(17)18)12-7-5-4-6-8-12/h1,4-8H,9-11H2,2H3,(H,17,18). The summed E-state index contributed by atoms with van der Waals surface area (Å²) in [4.78, 5) is 25.7. The van der Waals surface area contributed by atoms with Gasteiger partial charge in [0.1, 0.15) is 0 Å². The van der Waals surface area contributed by atoms with Gasteiger partial charge in [0.25, 0.3) is 0 Å². The number of amides is 2. The molecule has 1 aromatic rings. The van der Waals surface area contributed by atoms with Crippen molar-refractivity contribution in [2.24, 2.45) is 0 Å². The van der Waals surface area contributed by atoms with Crippen molar-refractivity contribution in [3.63, 3.8) is 0 Å². The Morgan fingerprint density at radius 2 is 1.95 bits per heavy atom. The van der Waals surface area contributed by atoms with Crippen LogP contribution in [-0.4, -0.2) is 42.1 Å². The van der Waals surface area contributed by atoms with Crippen molar-refractivity contribution in [2.75, 3.05) is 25.0 Å². The van der Waals surface area contributed by atoms with Gasteiger partial charge in [-0.1, -0.05) is 24.1 Å². The fourth-order valence-electron chi connectivity index (χ4n) is 1.56. The maximum atomic E-state index is 12.2. The number of benzene rings is 1. The number of urea groups is 1. The van der Waals surface area contributed by atoms with E-state index in [1.807, 2.05) is 6.07 Å². The number of aliphatic carboxylic acids is 1. The average molecular weight is 260 g/mol. The van der Waals surface area contributed by atoms with E-state index in [2.05, 4.69) is 5.92 Å². The molecule has 1 N–H and O–H groups in total. The van der Waals surface area contributed by atoms with Crippen molar-refractivity contribution < 1.29 is 14.7 Å². The van der Waals surface area contributed by atoms with Crippen LogP contribution in [0.4, 0.5) is 10.5 Å². The smallest absolute Gasteiger partial charge is 0.325 e. The summed E-state index contributed by atoms with van der Waals surface area (Å²) in [6.45, 7) is 0.280. The highest BCUT2D eigenvalue weighted by molar-refractivity contribution is 5.92. The summed E-state index contributed by atoms with van der Waals surface area (Å²) in [5.41, 5.74) is 0.651. The first kappa shape index (κ1) is 14.6.